The van der Waals surface area contributed by atoms with Crippen molar-refractivity contribution in [2.45, 2.75) is 44.6 Å². The molecule has 2 aromatic heterocycles. The molecule has 5 heteroatoms. The van der Waals surface area contributed by atoms with E-state index in [1.165, 1.54) is 43.1 Å². The Hall–Kier alpha value is -2.53. The van der Waals surface area contributed by atoms with Crippen molar-refractivity contribution in [2.24, 2.45) is 0 Å². The highest BCUT2D eigenvalue weighted by Crippen LogP contribution is 2.44. The number of furan rings is 1. The fourth-order valence-electron chi connectivity index (χ4n) is 5.06. The first-order chi connectivity index (χ1) is 14.3. The summed E-state index contributed by atoms with van der Waals surface area (Å²) >= 11 is 0. The van der Waals surface area contributed by atoms with E-state index in [9.17, 15) is 4.79 Å². The average Bonchev–Trinajstić information content (AvgIpc) is 3.41. The third kappa shape index (κ3) is 3.48. The highest BCUT2D eigenvalue weighted by atomic mass is 16.5. The Morgan fingerprint density at radius 3 is 2.59 bits per heavy atom. The molecule has 0 radical (unpaired) electrons. The third-order valence-electron chi connectivity index (χ3n) is 6.48. The molecule has 0 N–H and O–H groups in total. The van der Waals surface area contributed by atoms with Gasteiger partial charge >= 0.3 is 0 Å². The molecule has 1 aromatic carbocycles. The molecule has 0 spiro atoms. The van der Waals surface area contributed by atoms with Gasteiger partial charge in [-0.15, -0.1) is 0 Å². The Balaban J connectivity index is 1.63. The van der Waals surface area contributed by atoms with Crippen LogP contribution < -0.4 is 0 Å². The Morgan fingerprint density at radius 2 is 1.83 bits per heavy atom. The van der Waals surface area contributed by atoms with Crippen LogP contribution in [-0.4, -0.2) is 41.7 Å². The van der Waals surface area contributed by atoms with E-state index < -0.39 is 0 Å². The summed E-state index contributed by atoms with van der Waals surface area (Å²) in [6.07, 6.45) is 9.86. The zero-order chi connectivity index (χ0) is 19.6. The van der Waals surface area contributed by atoms with Gasteiger partial charge in [-0.1, -0.05) is 37.5 Å². The fourth-order valence-corrected chi connectivity index (χ4v) is 5.06. The molecule has 1 aliphatic carbocycles. The quantitative estimate of drug-likeness (QED) is 0.640. The molecule has 5 rings (SSSR count). The van der Waals surface area contributed by atoms with Crippen LogP contribution in [0.25, 0.3) is 22.2 Å². The van der Waals surface area contributed by atoms with E-state index in [1.807, 2.05) is 17.2 Å². The number of ether oxygens (including phenoxy) is 1. The minimum atomic E-state index is 0.161. The number of morpholine rings is 1. The summed E-state index contributed by atoms with van der Waals surface area (Å²) in [5.74, 6) is 0.701. The average molecular weight is 392 g/mol. The van der Waals surface area contributed by atoms with Gasteiger partial charge in [0.1, 0.15) is 6.54 Å². The predicted octanol–water partition coefficient (Wildman–Crippen LogP) is 4.81. The van der Waals surface area contributed by atoms with Crippen LogP contribution in [-0.2, 0) is 16.1 Å². The number of amides is 1. The van der Waals surface area contributed by atoms with Crippen LogP contribution in [0, 0.1) is 0 Å². The normalized spacial score (nSPS) is 18.4. The lowest BCUT2D eigenvalue weighted by atomic mass is 9.82. The van der Waals surface area contributed by atoms with E-state index in [4.69, 9.17) is 9.15 Å². The smallest absolute Gasteiger partial charge is 0.242 e. The van der Waals surface area contributed by atoms with Crippen molar-refractivity contribution in [3.05, 3.63) is 48.4 Å². The highest BCUT2D eigenvalue weighted by Gasteiger charge is 2.28. The molecule has 3 aromatic rings. The topological polar surface area (TPSA) is 47.6 Å². The maximum absolute atomic E-state index is 13.1. The lowest BCUT2D eigenvalue weighted by Gasteiger charge is -2.27. The van der Waals surface area contributed by atoms with Crippen molar-refractivity contribution in [3.8, 4) is 11.3 Å². The predicted molar refractivity (Wildman–Crippen MR) is 113 cm³/mol. The zero-order valence-corrected chi connectivity index (χ0v) is 16.8. The fraction of sp³-hybridized carbons (Fsp3) is 0.458. The third-order valence-corrected chi connectivity index (χ3v) is 6.48. The Labute approximate surface area is 171 Å². The first-order valence-corrected chi connectivity index (χ1v) is 10.8. The largest absolute Gasteiger partial charge is 0.472 e. The first-order valence-electron chi connectivity index (χ1n) is 10.8. The van der Waals surface area contributed by atoms with Crippen LogP contribution in [0.1, 0.15) is 43.6 Å². The van der Waals surface area contributed by atoms with E-state index in [0.29, 0.717) is 38.8 Å². The minimum absolute atomic E-state index is 0.161. The van der Waals surface area contributed by atoms with Crippen LogP contribution in [0.3, 0.4) is 0 Å². The Bertz CT molecular complexity index is 977. The molecule has 0 unspecified atom stereocenters. The van der Waals surface area contributed by atoms with Crippen molar-refractivity contribution in [1.82, 2.24) is 9.47 Å². The van der Waals surface area contributed by atoms with Gasteiger partial charge in [-0.05, 0) is 36.5 Å². The summed E-state index contributed by atoms with van der Waals surface area (Å²) in [7, 11) is 0. The van der Waals surface area contributed by atoms with Crippen molar-refractivity contribution in [2.75, 3.05) is 26.3 Å². The molecule has 1 amide bonds. The number of carbonyl (C=O) groups excluding carboxylic acids is 1. The maximum atomic E-state index is 13.1. The standard InChI is InChI=1S/C24H28N2O3/c27-22(25-11-14-28-15-12-25)16-26-21-9-5-4-8-20(21)23(18-6-2-1-3-7-18)24(26)19-10-13-29-17-19/h4-5,8-10,13,17-18H,1-3,6-7,11-12,14-16H2. The van der Waals surface area contributed by atoms with Crippen LogP contribution in [0.2, 0.25) is 0 Å². The van der Waals surface area contributed by atoms with Crippen molar-refractivity contribution in [1.29, 1.82) is 0 Å². The summed E-state index contributed by atoms with van der Waals surface area (Å²) in [5, 5.41) is 1.28. The Kier molecular flexibility index (Phi) is 5.15. The summed E-state index contributed by atoms with van der Waals surface area (Å²) in [6, 6.07) is 10.6. The van der Waals surface area contributed by atoms with Crippen LogP contribution in [0.4, 0.5) is 0 Å². The summed E-state index contributed by atoms with van der Waals surface area (Å²) in [5.41, 5.74) is 4.77. The Morgan fingerprint density at radius 1 is 1.03 bits per heavy atom. The van der Waals surface area contributed by atoms with Gasteiger partial charge in [0.05, 0.1) is 31.4 Å². The van der Waals surface area contributed by atoms with Gasteiger partial charge < -0.3 is 18.6 Å². The molecule has 2 aliphatic rings. The second-order valence-corrected chi connectivity index (χ2v) is 8.21. The molecule has 2 fully saturated rings. The number of carbonyl (C=O) groups is 1. The molecule has 1 saturated carbocycles. The molecule has 3 heterocycles. The van der Waals surface area contributed by atoms with Crippen molar-refractivity contribution in [3.63, 3.8) is 0 Å². The number of nitrogens with zero attached hydrogens (tertiary/aromatic N) is 2. The van der Waals surface area contributed by atoms with Gasteiger partial charge in [-0.25, -0.2) is 0 Å². The zero-order valence-electron chi connectivity index (χ0n) is 16.8. The lowest BCUT2D eigenvalue weighted by Crippen LogP contribution is -2.42. The van der Waals surface area contributed by atoms with Crippen LogP contribution in [0.15, 0.2) is 47.3 Å². The number of aromatic nitrogens is 1. The molecular formula is C24H28N2O3. The molecule has 1 saturated heterocycles. The van der Waals surface area contributed by atoms with Gasteiger partial charge in [0, 0.05) is 29.6 Å². The monoisotopic (exact) mass is 392 g/mol. The van der Waals surface area contributed by atoms with Crippen LogP contribution in [0.5, 0.6) is 0 Å². The number of hydrogen-bond acceptors (Lipinski definition) is 3. The SMILES string of the molecule is O=C(Cn1c(-c2ccoc2)c(C2CCCCC2)c2ccccc21)N1CCOCC1. The minimum Gasteiger partial charge on any atom is -0.472 e. The van der Waals surface area contributed by atoms with E-state index in [-0.39, 0.29) is 5.91 Å². The molecule has 1 aliphatic heterocycles. The number of rotatable bonds is 4. The van der Waals surface area contributed by atoms with Crippen molar-refractivity contribution < 1.29 is 13.9 Å². The molecule has 152 valence electrons. The van der Waals surface area contributed by atoms with E-state index in [2.05, 4.69) is 28.8 Å². The van der Waals surface area contributed by atoms with Gasteiger partial charge in [-0.2, -0.15) is 0 Å². The van der Waals surface area contributed by atoms with Gasteiger partial charge in [-0.3, -0.25) is 4.79 Å². The summed E-state index contributed by atoms with van der Waals surface area (Å²) in [6.45, 7) is 2.96. The summed E-state index contributed by atoms with van der Waals surface area (Å²) < 4.78 is 13.1. The number of benzene rings is 1. The van der Waals surface area contributed by atoms with Crippen molar-refractivity contribution >= 4 is 16.8 Å². The van der Waals surface area contributed by atoms with Gasteiger partial charge in [0.25, 0.3) is 0 Å². The van der Waals surface area contributed by atoms with E-state index >= 15 is 0 Å². The van der Waals surface area contributed by atoms with Gasteiger partial charge in [0.15, 0.2) is 0 Å². The molecule has 0 bridgehead atoms. The number of para-hydroxylation sites is 1. The van der Waals surface area contributed by atoms with Gasteiger partial charge in [0.2, 0.25) is 5.91 Å². The molecule has 5 nitrogen and oxygen atoms in total. The molecular weight excluding hydrogens is 364 g/mol. The number of hydrogen-bond donors (Lipinski definition) is 0. The second-order valence-electron chi connectivity index (χ2n) is 8.21. The first kappa shape index (κ1) is 18.5. The number of fused-ring (bicyclic) bond motifs is 1. The van der Waals surface area contributed by atoms with Crippen LogP contribution >= 0.6 is 0 Å². The van der Waals surface area contributed by atoms with E-state index in [1.54, 1.807) is 6.26 Å². The second kappa shape index (κ2) is 8.07. The lowest BCUT2D eigenvalue weighted by molar-refractivity contribution is -0.135. The highest BCUT2D eigenvalue weighted by molar-refractivity contribution is 5.94. The van der Waals surface area contributed by atoms with E-state index in [0.717, 1.165) is 16.8 Å². The maximum Gasteiger partial charge on any atom is 0.242 e. The molecule has 0 atom stereocenters. The summed E-state index contributed by atoms with van der Waals surface area (Å²) in [4.78, 5) is 15.1. The molecule has 29 heavy (non-hydrogen) atoms.